The Bertz CT molecular complexity index is 1110. The first-order chi connectivity index (χ1) is 24.7. The summed E-state index contributed by atoms with van der Waals surface area (Å²) in [7, 11) is 0. The summed E-state index contributed by atoms with van der Waals surface area (Å²) in [5.41, 5.74) is 0. The predicted octanol–water partition coefficient (Wildman–Crippen LogP) is -4.78. The van der Waals surface area contributed by atoms with E-state index in [1.54, 1.807) is 0 Å². The number of aliphatic hydroxyl groups is 8. The van der Waals surface area contributed by atoms with E-state index in [0.29, 0.717) is 25.8 Å². The number of carbonyl (C=O) groups excluding carboxylic acids is 3. The van der Waals surface area contributed by atoms with Crippen LogP contribution in [0.5, 0.6) is 0 Å². The third-order valence-electron chi connectivity index (χ3n) is 9.00. The first-order valence-electron chi connectivity index (χ1n) is 17.7. The number of hydrogen-bond acceptors (Lipinski definition) is 17. The Hall–Kier alpha value is -2.15. The van der Waals surface area contributed by atoms with Gasteiger partial charge in [0.2, 0.25) is 17.7 Å². The van der Waals surface area contributed by atoms with Crippen molar-refractivity contribution in [1.82, 2.24) is 16.0 Å². The van der Waals surface area contributed by atoms with Crippen molar-refractivity contribution in [3.05, 3.63) is 0 Å². The van der Waals surface area contributed by atoms with E-state index in [1.165, 1.54) is 6.92 Å². The molecule has 3 heterocycles. The van der Waals surface area contributed by atoms with Crippen LogP contribution in [0, 0.1) is 0 Å². The van der Waals surface area contributed by atoms with Crippen LogP contribution in [-0.4, -0.2) is 184 Å². The average molecular weight is 756 g/mol. The number of rotatable bonds is 19. The van der Waals surface area contributed by atoms with Crippen molar-refractivity contribution in [2.45, 2.75) is 151 Å². The maximum atomic E-state index is 12.3. The fourth-order valence-corrected chi connectivity index (χ4v) is 6.01. The zero-order valence-electron chi connectivity index (χ0n) is 29.7. The number of ether oxygens (including phenoxy) is 6. The molecule has 15 atom stereocenters. The molecule has 11 N–H and O–H groups in total. The lowest BCUT2D eigenvalue weighted by molar-refractivity contribution is -0.385. The van der Waals surface area contributed by atoms with Crippen molar-refractivity contribution < 1.29 is 83.7 Å². The van der Waals surface area contributed by atoms with E-state index in [0.717, 1.165) is 13.3 Å². The molecule has 3 amide bonds. The summed E-state index contributed by atoms with van der Waals surface area (Å²) in [5, 5.41) is 91.7. The van der Waals surface area contributed by atoms with Crippen LogP contribution in [0.2, 0.25) is 0 Å². The first kappa shape index (κ1) is 44.2. The average Bonchev–Trinajstić information content (AvgIpc) is 3.11. The third kappa shape index (κ3) is 12.2. The van der Waals surface area contributed by atoms with Gasteiger partial charge in [-0.2, -0.15) is 0 Å². The maximum Gasteiger partial charge on any atom is 0.219 e. The lowest BCUT2D eigenvalue weighted by Crippen LogP contribution is -2.68. The second-order valence-corrected chi connectivity index (χ2v) is 13.2. The van der Waals surface area contributed by atoms with Crippen molar-refractivity contribution in [1.29, 1.82) is 0 Å². The van der Waals surface area contributed by atoms with Gasteiger partial charge in [0.05, 0.1) is 25.9 Å². The van der Waals surface area contributed by atoms with Crippen LogP contribution in [0.3, 0.4) is 0 Å². The summed E-state index contributed by atoms with van der Waals surface area (Å²) in [6.07, 6.45) is -19.1. The minimum atomic E-state index is -1.81. The van der Waals surface area contributed by atoms with Gasteiger partial charge < -0.3 is 85.2 Å². The van der Waals surface area contributed by atoms with Crippen molar-refractivity contribution in [3.8, 4) is 0 Å². The Labute approximate surface area is 301 Å². The van der Waals surface area contributed by atoms with Crippen molar-refractivity contribution in [3.63, 3.8) is 0 Å². The van der Waals surface area contributed by atoms with Gasteiger partial charge in [-0.25, -0.2) is 0 Å². The summed E-state index contributed by atoms with van der Waals surface area (Å²) in [6.45, 7) is 3.69. The summed E-state index contributed by atoms with van der Waals surface area (Å²) in [5.74, 6) is -0.936. The second-order valence-electron chi connectivity index (χ2n) is 13.2. The number of hydrogen-bond donors (Lipinski definition) is 11. The van der Waals surface area contributed by atoms with E-state index in [9.17, 15) is 55.2 Å². The van der Waals surface area contributed by atoms with Crippen molar-refractivity contribution >= 4 is 17.7 Å². The lowest BCUT2D eigenvalue weighted by atomic mass is 9.95. The zero-order chi connectivity index (χ0) is 38.5. The fraction of sp³-hybridized carbons (Fsp3) is 0.906. The Morgan fingerprint density at radius 3 is 1.83 bits per heavy atom. The molecule has 52 heavy (non-hydrogen) atoms. The zero-order valence-corrected chi connectivity index (χ0v) is 29.7. The summed E-state index contributed by atoms with van der Waals surface area (Å²) in [4.78, 5) is 36.0. The van der Waals surface area contributed by atoms with Gasteiger partial charge in [0.1, 0.15) is 67.1 Å². The molecule has 3 aliphatic rings. The summed E-state index contributed by atoms with van der Waals surface area (Å²) < 4.78 is 35.1. The molecular formula is C32H57N3O17. The van der Waals surface area contributed by atoms with Crippen molar-refractivity contribution in [2.75, 3.05) is 32.9 Å². The predicted molar refractivity (Wildman–Crippen MR) is 175 cm³/mol. The smallest absolute Gasteiger partial charge is 0.219 e. The Kier molecular flexibility index (Phi) is 18.4. The van der Waals surface area contributed by atoms with Gasteiger partial charge >= 0.3 is 0 Å². The van der Waals surface area contributed by atoms with Crippen LogP contribution in [0.4, 0.5) is 0 Å². The molecule has 3 saturated heterocycles. The Balaban J connectivity index is 1.74. The molecule has 3 fully saturated rings. The van der Waals surface area contributed by atoms with Gasteiger partial charge in [-0.1, -0.05) is 6.92 Å². The molecule has 20 heteroatoms. The number of aliphatic hydroxyl groups excluding tert-OH is 8. The number of nitrogens with one attached hydrogen (secondary N) is 3. The van der Waals surface area contributed by atoms with E-state index in [1.807, 2.05) is 6.92 Å². The van der Waals surface area contributed by atoms with Gasteiger partial charge in [0, 0.05) is 32.9 Å². The fourth-order valence-electron chi connectivity index (χ4n) is 6.01. The number of amides is 3. The number of unbranched alkanes of at least 4 members (excludes halogenated alkanes) is 1. The van der Waals surface area contributed by atoms with Gasteiger partial charge in [0.25, 0.3) is 0 Å². The van der Waals surface area contributed by atoms with Crippen LogP contribution in [-0.2, 0) is 42.8 Å². The van der Waals surface area contributed by atoms with E-state index in [4.69, 9.17) is 28.4 Å². The molecule has 302 valence electrons. The Morgan fingerprint density at radius 2 is 1.23 bits per heavy atom. The van der Waals surface area contributed by atoms with Crippen LogP contribution >= 0.6 is 0 Å². The summed E-state index contributed by atoms with van der Waals surface area (Å²) >= 11 is 0. The van der Waals surface area contributed by atoms with Crippen LogP contribution in [0.1, 0.15) is 59.3 Å². The highest BCUT2D eigenvalue weighted by Gasteiger charge is 2.54. The molecule has 20 nitrogen and oxygen atoms in total. The molecule has 0 spiro atoms. The molecule has 3 aliphatic heterocycles. The largest absolute Gasteiger partial charge is 0.394 e. The van der Waals surface area contributed by atoms with E-state index in [2.05, 4.69) is 16.0 Å². The molecule has 0 bridgehead atoms. The first-order valence-corrected chi connectivity index (χ1v) is 17.7. The van der Waals surface area contributed by atoms with Crippen LogP contribution in [0.25, 0.3) is 0 Å². The highest BCUT2D eigenvalue weighted by Crippen LogP contribution is 2.34. The molecule has 0 radical (unpaired) electrons. The minimum absolute atomic E-state index is 0.0624. The molecule has 0 aromatic carbocycles. The van der Waals surface area contributed by atoms with E-state index >= 15 is 0 Å². The van der Waals surface area contributed by atoms with Gasteiger partial charge in [-0.15, -0.1) is 0 Å². The van der Waals surface area contributed by atoms with Crippen LogP contribution in [0.15, 0.2) is 0 Å². The minimum Gasteiger partial charge on any atom is -0.394 e. The highest BCUT2D eigenvalue weighted by atomic mass is 16.8. The molecule has 6 unspecified atom stereocenters. The lowest BCUT2D eigenvalue weighted by Gasteiger charge is -2.49. The maximum absolute atomic E-state index is 12.3. The Morgan fingerprint density at radius 1 is 0.654 bits per heavy atom. The van der Waals surface area contributed by atoms with Gasteiger partial charge in [-0.3, -0.25) is 14.4 Å². The highest BCUT2D eigenvalue weighted by molar-refractivity contribution is 5.77. The van der Waals surface area contributed by atoms with Gasteiger partial charge in [0.15, 0.2) is 18.9 Å². The van der Waals surface area contributed by atoms with Crippen molar-refractivity contribution in [2.24, 2.45) is 0 Å². The van der Waals surface area contributed by atoms with E-state index in [-0.39, 0.29) is 37.8 Å². The SMILES string of the molecule is CCCNC(=O)CCCCC(=O)NCCCO[C@@H]1OC(CO)[C@H](O)[C@H](O[C@@H]2OC(CO)[C@H](O)[C@H](O)C2NC(C)=O)C1O[C@@H]1OC(C)[C@H](O)[C@@H](O)C1O. The van der Waals surface area contributed by atoms with Crippen LogP contribution < -0.4 is 16.0 Å². The van der Waals surface area contributed by atoms with E-state index < -0.39 is 111 Å². The molecule has 0 aromatic heterocycles. The quantitative estimate of drug-likeness (QED) is 0.0552. The standard InChI is InChI=1S/C32H57N3O17/c1-4-10-33-19(39)8-5-6-9-20(40)34-11-7-12-47-32-29(52-31-27(46)26(45)22(41)15(2)48-31)28(24(43)18(14-37)50-32)51-30-21(35-16(3)38)25(44)23(42)17(13-36)49-30/h15,17-18,21-32,36-37,41-46H,4-14H2,1-3H3,(H,33,39)(H,34,40)(H,35,38)/t15?,17?,18?,21?,22-,23-,24-,25+,26+,27?,28-,29?,30-,31-,32+/m0/s1. The molecule has 0 saturated carbocycles. The second kappa shape index (κ2) is 21.7. The summed E-state index contributed by atoms with van der Waals surface area (Å²) in [6, 6.07) is -1.44. The normalized spacial score (nSPS) is 38.0. The number of carbonyl (C=O) groups is 3. The molecule has 0 aromatic rings. The molecular weight excluding hydrogens is 698 g/mol. The third-order valence-corrected chi connectivity index (χ3v) is 9.00. The molecule has 3 rings (SSSR count). The monoisotopic (exact) mass is 755 g/mol. The topological polar surface area (TPSA) is 305 Å². The molecule has 0 aliphatic carbocycles. The van der Waals surface area contributed by atoms with Gasteiger partial charge in [-0.05, 0) is 32.6 Å².